The van der Waals surface area contributed by atoms with Crippen molar-refractivity contribution in [3.63, 3.8) is 0 Å². The van der Waals surface area contributed by atoms with Crippen molar-refractivity contribution in [2.45, 2.75) is 26.4 Å². The number of methoxy groups -OCH3 is 2. The van der Waals surface area contributed by atoms with Crippen LogP contribution >= 0.6 is 11.6 Å². The topological polar surface area (TPSA) is 39.7 Å². The summed E-state index contributed by atoms with van der Waals surface area (Å²) >= 11 is 6.30. The van der Waals surface area contributed by atoms with Gasteiger partial charge in [0.15, 0.2) is 11.5 Å². The van der Waals surface area contributed by atoms with Crippen LogP contribution in [0.2, 0.25) is 5.02 Å². The van der Waals surface area contributed by atoms with Crippen LogP contribution in [-0.2, 0) is 11.3 Å². The summed E-state index contributed by atoms with van der Waals surface area (Å²) in [6.45, 7) is 6.13. The van der Waals surface area contributed by atoms with Gasteiger partial charge in [-0.3, -0.25) is 0 Å². The van der Waals surface area contributed by atoms with E-state index in [4.69, 9.17) is 25.8 Å². The van der Waals surface area contributed by atoms with E-state index < -0.39 is 0 Å². The Labute approximate surface area is 120 Å². The zero-order valence-corrected chi connectivity index (χ0v) is 12.7. The van der Waals surface area contributed by atoms with Gasteiger partial charge in [-0.05, 0) is 25.5 Å². The fourth-order valence-corrected chi connectivity index (χ4v) is 2.00. The molecule has 0 saturated carbocycles. The summed E-state index contributed by atoms with van der Waals surface area (Å²) < 4.78 is 15.8. The van der Waals surface area contributed by atoms with Gasteiger partial charge in [-0.2, -0.15) is 0 Å². The van der Waals surface area contributed by atoms with Crippen LogP contribution in [0.1, 0.15) is 19.4 Å². The maximum absolute atomic E-state index is 6.30. The molecule has 0 spiro atoms. The molecule has 0 heterocycles. The Balaban J connectivity index is 2.69. The summed E-state index contributed by atoms with van der Waals surface area (Å²) in [4.78, 5) is 0. The van der Waals surface area contributed by atoms with E-state index in [1.807, 2.05) is 19.1 Å². The zero-order valence-electron chi connectivity index (χ0n) is 12.0. The van der Waals surface area contributed by atoms with Crippen molar-refractivity contribution in [3.8, 4) is 11.5 Å². The maximum Gasteiger partial charge on any atom is 0.179 e. The molecule has 0 amide bonds. The first-order chi connectivity index (χ1) is 9.13. The van der Waals surface area contributed by atoms with Crippen LogP contribution < -0.4 is 14.8 Å². The highest BCUT2D eigenvalue weighted by Crippen LogP contribution is 2.37. The third-order valence-corrected chi connectivity index (χ3v) is 3.19. The zero-order chi connectivity index (χ0) is 14.3. The van der Waals surface area contributed by atoms with E-state index in [1.54, 1.807) is 14.2 Å². The second-order valence-corrected chi connectivity index (χ2v) is 4.59. The van der Waals surface area contributed by atoms with Gasteiger partial charge in [-0.15, -0.1) is 0 Å². The van der Waals surface area contributed by atoms with Crippen molar-refractivity contribution in [1.82, 2.24) is 5.32 Å². The molecular formula is C14H22ClNO3. The first-order valence-corrected chi connectivity index (χ1v) is 6.72. The largest absolute Gasteiger partial charge is 0.493 e. The molecule has 0 aliphatic heterocycles. The van der Waals surface area contributed by atoms with Gasteiger partial charge in [0.1, 0.15) is 0 Å². The van der Waals surface area contributed by atoms with Crippen molar-refractivity contribution in [2.24, 2.45) is 0 Å². The van der Waals surface area contributed by atoms with Crippen LogP contribution in [-0.4, -0.2) is 33.5 Å². The Kier molecular flexibility index (Phi) is 6.99. The molecule has 1 rings (SSSR count). The highest BCUT2D eigenvalue weighted by Gasteiger charge is 2.13. The molecule has 0 bridgehead atoms. The lowest BCUT2D eigenvalue weighted by Crippen LogP contribution is -2.30. The predicted molar refractivity (Wildman–Crippen MR) is 77.4 cm³/mol. The summed E-state index contributed by atoms with van der Waals surface area (Å²) in [5.41, 5.74) is 0.975. The summed E-state index contributed by atoms with van der Waals surface area (Å²) in [5.74, 6) is 1.21. The molecule has 1 atom stereocenters. The van der Waals surface area contributed by atoms with Crippen molar-refractivity contribution in [1.29, 1.82) is 0 Å². The predicted octanol–water partition coefficient (Wildman–Crippen LogP) is 2.87. The summed E-state index contributed by atoms with van der Waals surface area (Å²) in [6, 6.07) is 4.06. The minimum Gasteiger partial charge on any atom is -0.493 e. The number of hydrogen-bond acceptors (Lipinski definition) is 4. The molecule has 0 saturated heterocycles. The Bertz CT molecular complexity index is 399. The lowest BCUT2D eigenvalue weighted by Gasteiger charge is -2.16. The van der Waals surface area contributed by atoms with Crippen LogP contribution in [0.15, 0.2) is 12.1 Å². The second kappa shape index (κ2) is 8.25. The first kappa shape index (κ1) is 16.1. The van der Waals surface area contributed by atoms with Crippen molar-refractivity contribution in [2.75, 3.05) is 27.4 Å². The number of ether oxygens (including phenoxy) is 3. The molecule has 1 aromatic rings. The fraction of sp³-hybridized carbons (Fsp3) is 0.571. The third kappa shape index (κ3) is 4.56. The number of nitrogens with one attached hydrogen (secondary N) is 1. The number of benzene rings is 1. The molecule has 1 N–H and O–H groups in total. The van der Waals surface area contributed by atoms with Crippen LogP contribution in [0.5, 0.6) is 11.5 Å². The molecule has 0 aliphatic carbocycles. The molecule has 108 valence electrons. The van der Waals surface area contributed by atoms with E-state index in [0.717, 1.165) is 12.2 Å². The lowest BCUT2D eigenvalue weighted by atomic mass is 10.2. The molecular weight excluding hydrogens is 266 g/mol. The fourth-order valence-electron chi connectivity index (χ4n) is 1.70. The van der Waals surface area contributed by atoms with Crippen molar-refractivity contribution >= 4 is 11.6 Å². The highest BCUT2D eigenvalue weighted by molar-refractivity contribution is 6.33. The van der Waals surface area contributed by atoms with Gasteiger partial charge >= 0.3 is 0 Å². The number of halogens is 1. The molecule has 0 radical (unpaired) electrons. The van der Waals surface area contributed by atoms with Crippen molar-refractivity contribution in [3.05, 3.63) is 22.7 Å². The van der Waals surface area contributed by atoms with E-state index >= 15 is 0 Å². The van der Waals surface area contributed by atoms with E-state index in [0.29, 0.717) is 29.7 Å². The van der Waals surface area contributed by atoms with E-state index in [2.05, 4.69) is 12.2 Å². The summed E-state index contributed by atoms with van der Waals surface area (Å²) in [5, 5.41) is 3.94. The summed E-state index contributed by atoms with van der Waals surface area (Å²) in [6.07, 6.45) is 0. The van der Waals surface area contributed by atoms with Gasteiger partial charge < -0.3 is 19.5 Å². The second-order valence-electron chi connectivity index (χ2n) is 4.22. The van der Waals surface area contributed by atoms with Gasteiger partial charge in [0.2, 0.25) is 0 Å². The standard InChI is InChI=1S/C14H22ClNO3/c1-5-19-9-10(2)16-8-11-6-7-12(17-3)14(18-4)13(11)15/h6-7,10,16H,5,8-9H2,1-4H3. The van der Waals surface area contributed by atoms with Gasteiger partial charge in [0, 0.05) is 19.2 Å². The molecule has 0 aliphatic rings. The third-order valence-electron chi connectivity index (χ3n) is 2.78. The van der Waals surface area contributed by atoms with E-state index in [9.17, 15) is 0 Å². The smallest absolute Gasteiger partial charge is 0.179 e. The molecule has 1 aromatic carbocycles. The lowest BCUT2D eigenvalue weighted by molar-refractivity contribution is 0.127. The quantitative estimate of drug-likeness (QED) is 0.798. The SMILES string of the molecule is CCOCC(C)NCc1ccc(OC)c(OC)c1Cl. The average molecular weight is 288 g/mol. The van der Waals surface area contributed by atoms with Gasteiger partial charge in [0.25, 0.3) is 0 Å². The van der Waals surface area contributed by atoms with Gasteiger partial charge in [0.05, 0.1) is 25.8 Å². The van der Waals surface area contributed by atoms with Crippen LogP contribution in [0, 0.1) is 0 Å². The van der Waals surface area contributed by atoms with Crippen LogP contribution in [0.3, 0.4) is 0 Å². The molecule has 4 nitrogen and oxygen atoms in total. The normalized spacial score (nSPS) is 12.3. The Morgan fingerprint density at radius 2 is 2.00 bits per heavy atom. The molecule has 0 aromatic heterocycles. The monoisotopic (exact) mass is 287 g/mol. The van der Waals surface area contributed by atoms with E-state index in [-0.39, 0.29) is 6.04 Å². The molecule has 5 heteroatoms. The Morgan fingerprint density at radius 1 is 1.26 bits per heavy atom. The minimum atomic E-state index is 0.268. The van der Waals surface area contributed by atoms with E-state index in [1.165, 1.54) is 0 Å². The van der Waals surface area contributed by atoms with Crippen LogP contribution in [0.25, 0.3) is 0 Å². The highest BCUT2D eigenvalue weighted by atomic mass is 35.5. The number of rotatable bonds is 8. The van der Waals surface area contributed by atoms with Gasteiger partial charge in [-0.25, -0.2) is 0 Å². The maximum atomic E-state index is 6.30. The summed E-state index contributed by atoms with van der Waals surface area (Å²) in [7, 11) is 3.18. The molecule has 1 unspecified atom stereocenters. The average Bonchev–Trinajstić information content (AvgIpc) is 2.43. The first-order valence-electron chi connectivity index (χ1n) is 6.34. The number of hydrogen-bond donors (Lipinski definition) is 1. The minimum absolute atomic E-state index is 0.268. The van der Waals surface area contributed by atoms with Crippen LogP contribution in [0.4, 0.5) is 0 Å². The van der Waals surface area contributed by atoms with Gasteiger partial charge in [-0.1, -0.05) is 17.7 Å². The Hall–Kier alpha value is -0.970. The Morgan fingerprint density at radius 3 is 2.58 bits per heavy atom. The van der Waals surface area contributed by atoms with Crippen molar-refractivity contribution < 1.29 is 14.2 Å². The molecule has 19 heavy (non-hydrogen) atoms. The molecule has 0 fully saturated rings.